The van der Waals surface area contributed by atoms with Gasteiger partial charge in [-0.25, -0.2) is 9.82 Å². The van der Waals surface area contributed by atoms with Crippen molar-refractivity contribution in [2.45, 2.75) is 19.9 Å². The lowest BCUT2D eigenvalue weighted by Crippen LogP contribution is -2.30. The Morgan fingerprint density at radius 1 is 1.25 bits per heavy atom. The Labute approximate surface area is 131 Å². The van der Waals surface area contributed by atoms with Gasteiger partial charge in [0.15, 0.2) is 0 Å². The Balaban J connectivity index is 2.55. The molecule has 5 heteroatoms. The first-order valence-electron chi connectivity index (χ1n) is 6.11. The Kier molecular flexibility index (Phi) is 4.81. The van der Waals surface area contributed by atoms with Crippen molar-refractivity contribution in [1.29, 1.82) is 0 Å². The average Bonchev–Trinajstić information content (AvgIpc) is 2.37. The van der Waals surface area contributed by atoms with E-state index in [4.69, 9.17) is 17.4 Å². The van der Waals surface area contributed by atoms with E-state index in [9.17, 15) is 4.39 Å². The number of hydrogen-bond acceptors (Lipinski definition) is 2. The number of halogens is 3. The summed E-state index contributed by atoms with van der Waals surface area (Å²) in [5.74, 6) is 5.36. The van der Waals surface area contributed by atoms with Crippen molar-refractivity contribution < 1.29 is 4.39 Å². The second-order valence-corrected chi connectivity index (χ2v) is 6.01. The molecule has 0 aliphatic carbocycles. The number of nitrogens with one attached hydrogen (secondary N) is 1. The third-order valence-corrected chi connectivity index (χ3v) is 4.45. The van der Waals surface area contributed by atoms with Crippen LogP contribution in [-0.4, -0.2) is 0 Å². The molecule has 0 spiro atoms. The molecule has 2 rings (SSSR count). The molecule has 0 aliphatic heterocycles. The summed E-state index contributed by atoms with van der Waals surface area (Å²) in [5.41, 5.74) is 5.75. The van der Waals surface area contributed by atoms with Crippen LogP contribution in [0.5, 0.6) is 0 Å². The SMILES string of the molecule is Cc1cc(C)c(C(NN)c2ccc(Br)c(Cl)c2)c(F)c1. The Morgan fingerprint density at radius 3 is 2.50 bits per heavy atom. The predicted octanol–water partition coefficient (Wildman–Crippen LogP) is 4.41. The fourth-order valence-corrected chi connectivity index (χ4v) is 2.77. The zero-order chi connectivity index (χ0) is 14.9. The third kappa shape index (κ3) is 3.04. The maximum absolute atomic E-state index is 14.3. The second-order valence-electron chi connectivity index (χ2n) is 4.75. The van der Waals surface area contributed by atoms with Crippen LogP contribution in [0.25, 0.3) is 0 Å². The van der Waals surface area contributed by atoms with Crippen LogP contribution in [0.4, 0.5) is 4.39 Å². The van der Waals surface area contributed by atoms with Crippen LogP contribution in [0, 0.1) is 19.7 Å². The topological polar surface area (TPSA) is 38.0 Å². The average molecular weight is 358 g/mol. The molecule has 106 valence electrons. The van der Waals surface area contributed by atoms with E-state index in [0.29, 0.717) is 10.6 Å². The zero-order valence-corrected chi connectivity index (χ0v) is 13.5. The molecule has 0 heterocycles. The second kappa shape index (κ2) is 6.22. The van der Waals surface area contributed by atoms with Crippen LogP contribution in [0.15, 0.2) is 34.8 Å². The van der Waals surface area contributed by atoms with Gasteiger partial charge in [-0.05, 0) is 64.7 Å². The van der Waals surface area contributed by atoms with Gasteiger partial charge >= 0.3 is 0 Å². The number of nitrogens with two attached hydrogens (primary N) is 1. The number of benzene rings is 2. The van der Waals surface area contributed by atoms with Crippen molar-refractivity contribution in [1.82, 2.24) is 5.43 Å². The monoisotopic (exact) mass is 356 g/mol. The predicted molar refractivity (Wildman–Crippen MR) is 84.2 cm³/mol. The van der Waals surface area contributed by atoms with Gasteiger partial charge in [0.25, 0.3) is 0 Å². The highest BCUT2D eigenvalue weighted by Gasteiger charge is 2.20. The number of aryl methyl sites for hydroxylation is 2. The van der Waals surface area contributed by atoms with Crippen LogP contribution in [0.2, 0.25) is 5.02 Å². The molecule has 2 nitrogen and oxygen atoms in total. The highest BCUT2D eigenvalue weighted by atomic mass is 79.9. The van der Waals surface area contributed by atoms with Crippen LogP contribution in [0.3, 0.4) is 0 Å². The molecule has 0 fully saturated rings. The van der Waals surface area contributed by atoms with Crippen LogP contribution >= 0.6 is 27.5 Å². The molecule has 20 heavy (non-hydrogen) atoms. The minimum absolute atomic E-state index is 0.274. The van der Waals surface area contributed by atoms with E-state index >= 15 is 0 Å². The van der Waals surface area contributed by atoms with E-state index in [1.807, 2.05) is 32.0 Å². The molecule has 1 unspecified atom stereocenters. The fourth-order valence-electron chi connectivity index (χ4n) is 2.33. The first-order chi connectivity index (χ1) is 9.43. The Bertz CT molecular complexity index is 623. The maximum Gasteiger partial charge on any atom is 0.128 e. The van der Waals surface area contributed by atoms with E-state index in [2.05, 4.69) is 21.4 Å². The highest BCUT2D eigenvalue weighted by molar-refractivity contribution is 9.10. The van der Waals surface area contributed by atoms with Crippen molar-refractivity contribution in [3.05, 3.63) is 67.9 Å². The molecule has 0 bridgehead atoms. The molecule has 0 radical (unpaired) electrons. The van der Waals surface area contributed by atoms with Crippen molar-refractivity contribution in [2.24, 2.45) is 5.84 Å². The van der Waals surface area contributed by atoms with E-state index in [1.54, 1.807) is 6.07 Å². The molecular formula is C15H15BrClFN2. The first kappa shape index (κ1) is 15.4. The summed E-state index contributed by atoms with van der Waals surface area (Å²) < 4.78 is 15.1. The summed E-state index contributed by atoms with van der Waals surface area (Å²) >= 11 is 9.44. The number of rotatable bonds is 3. The molecule has 0 saturated heterocycles. The summed E-state index contributed by atoms with van der Waals surface area (Å²) in [6.45, 7) is 3.73. The molecule has 3 N–H and O–H groups in total. The van der Waals surface area contributed by atoms with Gasteiger partial charge in [-0.2, -0.15) is 0 Å². The molecule has 0 saturated carbocycles. The van der Waals surface area contributed by atoms with Gasteiger partial charge in [-0.3, -0.25) is 5.84 Å². The fraction of sp³-hybridized carbons (Fsp3) is 0.200. The normalized spacial score (nSPS) is 12.5. The van der Waals surface area contributed by atoms with E-state index in [-0.39, 0.29) is 5.82 Å². The largest absolute Gasteiger partial charge is 0.271 e. The minimum Gasteiger partial charge on any atom is -0.271 e. The summed E-state index contributed by atoms with van der Waals surface area (Å²) in [6, 6.07) is 8.45. The lowest BCUT2D eigenvalue weighted by molar-refractivity contribution is 0.556. The summed E-state index contributed by atoms with van der Waals surface area (Å²) in [4.78, 5) is 0. The van der Waals surface area contributed by atoms with Gasteiger partial charge in [0, 0.05) is 10.0 Å². The van der Waals surface area contributed by atoms with Crippen molar-refractivity contribution in [2.75, 3.05) is 0 Å². The lowest BCUT2D eigenvalue weighted by Gasteiger charge is -2.20. The molecule has 2 aromatic carbocycles. The first-order valence-corrected chi connectivity index (χ1v) is 7.29. The molecule has 0 aromatic heterocycles. The van der Waals surface area contributed by atoms with E-state index in [0.717, 1.165) is 21.2 Å². The quantitative estimate of drug-likeness (QED) is 0.631. The smallest absolute Gasteiger partial charge is 0.128 e. The van der Waals surface area contributed by atoms with Gasteiger partial charge < -0.3 is 0 Å². The highest BCUT2D eigenvalue weighted by Crippen LogP contribution is 2.31. The third-order valence-electron chi connectivity index (χ3n) is 3.21. The Morgan fingerprint density at radius 2 is 1.95 bits per heavy atom. The summed E-state index contributed by atoms with van der Waals surface area (Å²) in [5, 5.41) is 0.563. The van der Waals surface area contributed by atoms with Crippen molar-refractivity contribution in [3.63, 3.8) is 0 Å². The number of hydrogen-bond donors (Lipinski definition) is 2. The standard InChI is InChI=1S/C15H15BrClFN2/c1-8-5-9(2)14(13(18)6-8)15(20-19)10-3-4-11(16)12(17)7-10/h3-7,15,20H,19H2,1-2H3. The zero-order valence-electron chi connectivity index (χ0n) is 11.2. The van der Waals surface area contributed by atoms with Crippen molar-refractivity contribution >= 4 is 27.5 Å². The molecule has 2 aromatic rings. The van der Waals surface area contributed by atoms with E-state index < -0.39 is 6.04 Å². The molecule has 1 atom stereocenters. The van der Waals surface area contributed by atoms with Gasteiger partial charge in [0.05, 0.1) is 11.1 Å². The molecular weight excluding hydrogens is 343 g/mol. The maximum atomic E-state index is 14.3. The van der Waals surface area contributed by atoms with Gasteiger partial charge in [-0.1, -0.05) is 23.7 Å². The number of hydrazine groups is 1. The molecule has 0 amide bonds. The van der Waals surface area contributed by atoms with Gasteiger partial charge in [0.2, 0.25) is 0 Å². The van der Waals surface area contributed by atoms with Crippen LogP contribution in [-0.2, 0) is 0 Å². The Hall–Kier alpha value is -0.940. The summed E-state index contributed by atoms with van der Waals surface area (Å²) in [6.07, 6.45) is 0. The van der Waals surface area contributed by atoms with Gasteiger partial charge in [-0.15, -0.1) is 0 Å². The summed E-state index contributed by atoms with van der Waals surface area (Å²) in [7, 11) is 0. The molecule has 0 aliphatic rings. The lowest BCUT2D eigenvalue weighted by atomic mass is 9.93. The van der Waals surface area contributed by atoms with Crippen LogP contribution < -0.4 is 11.3 Å². The van der Waals surface area contributed by atoms with Crippen LogP contribution in [0.1, 0.15) is 28.3 Å². The van der Waals surface area contributed by atoms with Crippen molar-refractivity contribution in [3.8, 4) is 0 Å². The van der Waals surface area contributed by atoms with E-state index in [1.165, 1.54) is 6.07 Å². The van der Waals surface area contributed by atoms with Gasteiger partial charge in [0.1, 0.15) is 5.82 Å². The minimum atomic E-state index is -0.443.